The maximum atomic E-state index is 13.0. The molecule has 208 valence electrons. The van der Waals surface area contributed by atoms with E-state index in [-0.39, 0.29) is 18.4 Å². The van der Waals surface area contributed by atoms with Gasteiger partial charge in [-0.3, -0.25) is 0 Å². The summed E-state index contributed by atoms with van der Waals surface area (Å²) in [5.74, 6) is -0.530. The van der Waals surface area contributed by atoms with E-state index in [9.17, 15) is 9.59 Å². The number of amides is 1. The normalized spacial score (nSPS) is 12.4. The second-order valence-corrected chi connectivity index (χ2v) is 11.1. The lowest BCUT2D eigenvalue weighted by molar-refractivity contribution is -0.311. The summed E-state index contributed by atoms with van der Waals surface area (Å²) in [6.45, 7) is 10.3. The van der Waals surface area contributed by atoms with Gasteiger partial charge in [0.05, 0.1) is 6.61 Å². The van der Waals surface area contributed by atoms with Crippen molar-refractivity contribution in [3.63, 3.8) is 0 Å². The Hall–Kier alpha value is -3.68. The molecule has 0 heterocycles. The van der Waals surface area contributed by atoms with Crippen LogP contribution < -0.4 is 5.32 Å². The van der Waals surface area contributed by atoms with Crippen molar-refractivity contribution in [3.8, 4) is 0 Å². The Morgan fingerprint density at radius 3 is 1.85 bits per heavy atom. The molecule has 0 saturated carbocycles. The summed E-state index contributed by atoms with van der Waals surface area (Å²) in [4.78, 5) is 36.4. The van der Waals surface area contributed by atoms with Crippen LogP contribution in [-0.2, 0) is 49.1 Å². The van der Waals surface area contributed by atoms with Gasteiger partial charge in [-0.15, -0.1) is 0 Å². The van der Waals surface area contributed by atoms with Crippen molar-refractivity contribution in [1.82, 2.24) is 5.32 Å². The predicted octanol–water partition coefficient (Wildman–Crippen LogP) is 6.29. The Bertz CT molecular complexity index is 1170. The van der Waals surface area contributed by atoms with Crippen LogP contribution in [0.4, 0.5) is 4.79 Å². The molecule has 3 aromatic rings. The van der Waals surface area contributed by atoms with Crippen LogP contribution in [0.25, 0.3) is 0 Å². The highest BCUT2D eigenvalue weighted by atomic mass is 17.2. The summed E-state index contributed by atoms with van der Waals surface area (Å²) >= 11 is 0. The molecule has 39 heavy (non-hydrogen) atoms. The van der Waals surface area contributed by atoms with Crippen LogP contribution in [-0.4, -0.2) is 30.3 Å². The monoisotopic (exact) mass is 533 g/mol. The van der Waals surface area contributed by atoms with Gasteiger partial charge in [-0.25, -0.2) is 19.4 Å². The third kappa shape index (κ3) is 10.5. The van der Waals surface area contributed by atoms with E-state index in [1.807, 2.05) is 84.9 Å². The second-order valence-electron chi connectivity index (χ2n) is 11.1. The van der Waals surface area contributed by atoms with Crippen LogP contribution in [0.3, 0.4) is 0 Å². The molecule has 1 atom stereocenters. The third-order valence-electron chi connectivity index (χ3n) is 5.95. The molecule has 0 aromatic heterocycles. The van der Waals surface area contributed by atoms with Gasteiger partial charge in [0.1, 0.15) is 24.9 Å². The molecule has 0 aliphatic rings. The van der Waals surface area contributed by atoms with E-state index in [4.69, 9.17) is 19.2 Å². The van der Waals surface area contributed by atoms with Crippen molar-refractivity contribution >= 4 is 12.1 Å². The number of ether oxygens (including phenoxy) is 2. The summed E-state index contributed by atoms with van der Waals surface area (Å²) in [5, 5.41) is 2.68. The second kappa shape index (κ2) is 13.9. The summed E-state index contributed by atoms with van der Waals surface area (Å²) in [5.41, 5.74) is 2.83. The largest absolute Gasteiger partial charge is 0.459 e. The van der Waals surface area contributed by atoms with E-state index in [2.05, 4.69) is 19.2 Å². The number of alkyl carbamates (subject to hydrolysis) is 1. The first-order valence-corrected chi connectivity index (χ1v) is 13.1. The average molecular weight is 534 g/mol. The lowest BCUT2D eigenvalue weighted by Gasteiger charge is -2.25. The van der Waals surface area contributed by atoms with Gasteiger partial charge in [0.15, 0.2) is 0 Å². The fraction of sp³-hybridized carbons (Fsp3) is 0.375. The first-order chi connectivity index (χ1) is 18.5. The molecule has 0 radical (unpaired) electrons. The molecule has 3 aromatic carbocycles. The Morgan fingerprint density at radius 2 is 1.28 bits per heavy atom. The van der Waals surface area contributed by atoms with Crippen molar-refractivity contribution in [2.75, 3.05) is 6.61 Å². The summed E-state index contributed by atoms with van der Waals surface area (Å²) < 4.78 is 10.9. The standard InChI is InChI=1S/C32H39NO6/c1-31(2,3)39-30(35)33-28(29(34)36-21-25-12-8-6-9-13-25)20-24-16-18-27(19-17-24)32(4,5)23-38-37-22-26-14-10-7-11-15-26/h6-19,28H,20-23H2,1-5H3,(H,33,35)/t28-/m0/s1. The number of carbonyl (C=O) groups excluding carboxylic acids is 2. The highest BCUT2D eigenvalue weighted by Crippen LogP contribution is 2.25. The number of rotatable bonds is 12. The van der Waals surface area contributed by atoms with Crippen LogP contribution in [0.15, 0.2) is 84.9 Å². The topological polar surface area (TPSA) is 83.1 Å². The molecular weight excluding hydrogens is 494 g/mol. The van der Waals surface area contributed by atoms with Gasteiger partial charge in [-0.2, -0.15) is 0 Å². The van der Waals surface area contributed by atoms with Gasteiger partial charge >= 0.3 is 12.1 Å². The molecule has 1 amide bonds. The molecule has 7 nitrogen and oxygen atoms in total. The molecule has 0 bridgehead atoms. The zero-order chi connectivity index (χ0) is 28.3. The zero-order valence-electron chi connectivity index (χ0n) is 23.4. The van der Waals surface area contributed by atoms with E-state index >= 15 is 0 Å². The average Bonchev–Trinajstić information content (AvgIpc) is 2.90. The fourth-order valence-corrected chi connectivity index (χ4v) is 3.76. The molecule has 7 heteroatoms. The quantitative estimate of drug-likeness (QED) is 0.127. The van der Waals surface area contributed by atoms with Gasteiger partial charge in [-0.1, -0.05) is 98.8 Å². The van der Waals surface area contributed by atoms with Gasteiger partial charge in [0, 0.05) is 11.8 Å². The summed E-state index contributed by atoms with van der Waals surface area (Å²) in [6.07, 6.45) is -0.417. The summed E-state index contributed by atoms with van der Waals surface area (Å²) in [6, 6.07) is 26.2. The van der Waals surface area contributed by atoms with Gasteiger partial charge < -0.3 is 14.8 Å². The van der Waals surface area contributed by atoms with E-state index < -0.39 is 23.7 Å². The Labute approximate surface area is 231 Å². The van der Waals surface area contributed by atoms with Crippen LogP contribution >= 0.6 is 0 Å². The lowest BCUT2D eigenvalue weighted by atomic mass is 9.85. The molecule has 0 unspecified atom stereocenters. The fourth-order valence-electron chi connectivity index (χ4n) is 3.76. The van der Waals surface area contributed by atoms with Crippen LogP contribution in [0.2, 0.25) is 0 Å². The molecule has 1 N–H and O–H groups in total. The molecule has 0 aliphatic heterocycles. The number of hydrogen-bond donors (Lipinski definition) is 1. The summed E-state index contributed by atoms with van der Waals surface area (Å²) in [7, 11) is 0. The molecule has 3 rings (SSSR count). The van der Waals surface area contributed by atoms with Crippen molar-refractivity contribution in [1.29, 1.82) is 0 Å². The van der Waals surface area contributed by atoms with E-state index in [1.54, 1.807) is 20.8 Å². The van der Waals surface area contributed by atoms with Gasteiger partial charge in [0.2, 0.25) is 0 Å². The number of carbonyl (C=O) groups is 2. The first-order valence-electron chi connectivity index (χ1n) is 13.1. The molecule has 0 saturated heterocycles. The third-order valence-corrected chi connectivity index (χ3v) is 5.95. The zero-order valence-corrected chi connectivity index (χ0v) is 23.4. The lowest BCUT2D eigenvalue weighted by Crippen LogP contribution is -2.45. The predicted molar refractivity (Wildman–Crippen MR) is 150 cm³/mol. The first kappa shape index (κ1) is 29.9. The van der Waals surface area contributed by atoms with Crippen molar-refractivity contribution in [2.45, 2.75) is 71.3 Å². The minimum atomic E-state index is -0.905. The van der Waals surface area contributed by atoms with Crippen LogP contribution in [0, 0.1) is 0 Å². The molecule has 0 spiro atoms. The SMILES string of the molecule is CC(C)(C)OC(=O)N[C@@H](Cc1ccc(C(C)(C)COOCc2ccccc2)cc1)C(=O)OCc1ccccc1. The number of hydrogen-bond acceptors (Lipinski definition) is 6. The maximum absolute atomic E-state index is 13.0. The smallest absolute Gasteiger partial charge is 0.408 e. The van der Waals surface area contributed by atoms with Crippen molar-refractivity contribution in [3.05, 3.63) is 107 Å². The number of benzene rings is 3. The Kier molecular flexibility index (Phi) is 10.7. The Morgan fingerprint density at radius 1 is 0.718 bits per heavy atom. The molecular formula is C32H39NO6. The van der Waals surface area contributed by atoms with E-state index in [0.29, 0.717) is 13.2 Å². The van der Waals surface area contributed by atoms with Gasteiger partial charge in [-0.05, 0) is 43.0 Å². The maximum Gasteiger partial charge on any atom is 0.408 e. The van der Waals surface area contributed by atoms with Crippen LogP contribution in [0.5, 0.6) is 0 Å². The van der Waals surface area contributed by atoms with E-state index in [0.717, 1.165) is 22.3 Å². The van der Waals surface area contributed by atoms with Crippen molar-refractivity contribution < 1.29 is 28.8 Å². The minimum Gasteiger partial charge on any atom is -0.459 e. The number of esters is 1. The Balaban J connectivity index is 1.60. The van der Waals surface area contributed by atoms with Gasteiger partial charge in [0.25, 0.3) is 0 Å². The highest BCUT2D eigenvalue weighted by molar-refractivity contribution is 5.81. The molecule has 0 fully saturated rings. The van der Waals surface area contributed by atoms with Crippen LogP contribution in [0.1, 0.15) is 56.9 Å². The molecule has 0 aliphatic carbocycles. The highest BCUT2D eigenvalue weighted by Gasteiger charge is 2.27. The van der Waals surface area contributed by atoms with E-state index in [1.165, 1.54) is 0 Å². The minimum absolute atomic E-state index is 0.117. The van der Waals surface area contributed by atoms with Crippen molar-refractivity contribution in [2.24, 2.45) is 0 Å². The number of nitrogens with one attached hydrogen (secondary N) is 1.